The monoisotopic (exact) mass is 342 g/mol. The second-order valence-corrected chi connectivity index (χ2v) is 7.70. The molecule has 0 aliphatic rings. The molecule has 0 N–H and O–H groups in total. The molecule has 2 heteroatoms. The van der Waals surface area contributed by atoms with Crippen LogP contribution in [0.3, 0.4) is 0 Å². The molecule has 0 nitrogen and oxygen atoms in total. The first-order valence-electron chi connectivity index (χ1n) is 6.66. The van der Waals surface area contributed by atoms with Gasteiger partial charge in [0.2, 0.25) is 0 Å². The number of benzene rings is 2. The third kappa shape index (κ3) is 2.49. The van der Waals surface area contributed by atoms with Crippen LogP contribution in [-0.2, 0) is 0 Å². The van der Waals surface area contributed by atoms with Gasteiger partial charge in [-0.25, -0.2) is 0 Å². The standard InChI is InChI=1S/C18H16BrP/c1-13-11-20(12-14(13)2)18-10-6-4-8-16(18)15-7-3-5-9-17(15)19/h3-12H,1-2H3. The predicted octanol–water partition coefficient (Wildman–Crippen LogP) is 6.71. The van der Waals surface area contributed by atoms with Gasteiger partial charge in [0.15, 0.2) is 0 Å². The zero-order chi connectivity index (χ0) is 14.1. The van der Waals surface area contributed by atoms with E-state index in [4.69, 9.17) is 0 Å². The van der Waals surface area contributed by atoms with Gasteiger partial charge in [0.05, 0.1) is 0 Å². The van der Waals surface area contributed by atoms with Crippen molar-refractivity contribution in [2.75, 3.05) is 0 Å². The van der Waals surface area contributed by atoms with Crippen LogP contribution < -0.4 is 0 Å². The predicted molar refractivity (Wildman–Crippen MR) is 93.1 cm³/mol. The Bertz CT molecular complexity index is 736. The molecule has 100 valence electrons. The van der Waals surface area contributed by atoms with E-state index in [-0.39, 0.29) is 7.53 Å². The summed E-state index contributed by atoms with van der Waals surface area (Å²) < 4.78 is 1.16. The Balaban J connectivity index is 2.21. The van der Waals surface area contributed by atoms with Crippen LogP contribution in [0.2, 0.25) is 0 Å². The summed E-state index contributed by atoms with van der Waals surface area (Å²) in [5, 5.41) is 1.44. The number of aryl methyl sites for hydroxylation is 2. The van der Waals surface area contributed by atoms with Crippen LogP contribution in [-0.4, -0.2) is 0 Å². The average Bonchev–Trinajstić information content (AvgIpc) is 2.79. The van der Waals surface area contributed by atoms with Gasteiger partial charge in [-0.05, 0) is 53.8 Å². The molecule has 1 heterocycles. The molecule has 3 rings (SSSR count). The summed E-state index contributed by atoms with van der Waals surface area (Å²) >= 11 is 3.68. The minimum absolute atomic E-state index is 0.321. The molecule has 0 bridgehead atoms. The van der Waals surface area contributed by atoms with E-state index >= 15 is 0 Å². The molecule has 3 aromatic rings. The van der Waals surface area contributed by atoms with Crippen LogP contribution in [0.1, 0.15) is 11.1 Å². The lowest BCUT2D eigenvalue weighted by molar-refractivity contribution is 1.41. The van der Waals surface area contributed by atoms with Gasteiger partial charge in [-0.2, -0.15) is 0 Å². The maximum Gasteiger partial charge on any atom is 0.0254 e. The molecule has 0 aliphatic heterocycles. The second-order valence-electron chi connectivity index (χ2n) is 5.03. The Morgan fingerprint density at radius 1 is 0.750 bits per heavy atom. The third-order valence-electron chi connectivity index (χ3n) is 3.63. The number of hydrogen-bond donors (Lipinski definition) is 0. The third-order valence-corrected chi connectivity index (χ3v) is 6.60. The van der Waals surface area contributed by atoms with Crippen LogP contribution in [0.25, 0.3) is 16.4 Å². The SMILES string of the molecule is Cc1cp(-c2ccccc2-c2ccccc2Br)cc1C. The van der Waals surface area contributed by atoms with E-state index in [2.05, 4.69) is 89.9 Å². The molecule has 0 radical (unpaired) electrons. The first-order chi connectivity index (χ1) is 9.66. The van der Waals surface area contributed by atoms with Gasteiger partial charge in [-0.1, -0.05) is 65.9 Å². The first kappa shape index (κ1) is 13.7. The Kier molecular flexibility index (Phi) is 3.83. The molecule has 20 heavy (non-hydrogen) atoms. The lowest BCUT2D eigenvalue weighted by Crippen LogP contribution is -1.81. The summed E-state index contributed by atoms with van der Waals surface area (Å²) in [5.74, 6) is 4.83. The lowest BCUT2D eigenvalue weighted by atomic mass is 10.1. The van der Waals surface area contributed by atoms with Crippen molar-refractivity contribution >= 4 is 23.5 Å². The Hall–Kier alpha value is -1.30. The fraction of sp³-hybridized carbons (Fsp3) is 0.111. The van der Waals surface area contributed by atoms with Crippen molar-refractivity contribution in [3.05, 3.63) is 75.7 Å². The summed E-state index contributed by atoms with van der Waals surface area (Å²) in [6, 6.07) is 17.2. The topological polar surface area (TPSA) is 0 Å². The molecule has 0 saturated heterocycles. The van der Waals surface area contributed by atoms with Crippen molar-refractivity contribution in [1.29, 1.82) is 0 Å². The van der Waals surface area contributed by atoms with Gasteiger partial charge >= 0.3 is 0 Å². The van der Waals surface area contributed by atoms with Crippen LogP contribution in [0.5, 0.6) is 0 Å². The highest BCUT2D eigenvalue weighted by molar-refractivity contribution is 9.10. The van der Waals surface area contributed by atoms with E-state index < -0.39 is 0 Å². The van der Waals surface area contributed by atoms with Crippen LogP contribution >= 0.6 is 23.5 Å². The van der Waals surface area contributed by atoms with Crippen molar-refractivity contribution in [2.45, 2.75) is 13.8 Å². The molecular formula is C18H16BrP. The molecule has 1 aromatic heterocycles. The molecule has 0 spiro atoms. The van der Waals surface area contributed by atoms with Gasteiger partial charge in [0.1, 0.15) is 0 Å². The maximum atomic E-state index is 3.68. The summed E-state index contributed by atoms with van der Waals surface area (Å²) in [4.78, 5) is 0. The summed E-state index contributed by atoms with van der Waals surface area (Å²) in [6.45, 7) is 4.41. The Morgan fingerprint density at radius 3 is 1.95 bits per heavy atom. The minimum atomic E-state index is -0.321. The zero-order valence-electron chi connectivity index (χ0n) is 11.6. The number of rotatable bonds is 2. The summed E-state index contributed by atoms with van der Waals surface area (Å²) in [5.41, 5.74) is 5.44. The van der Waals surface area contributed by atoms with Gasteiger partial charge in [0, 0.05) is 9.78 Å². The highest BCUT2D eigenvalue weighted by Gasteiger charge is 2.10. The van der Waals surface area contributed by atoms with Crippen molar-refractivity contribution < 1.29 is 0 Å². The summed E-state index contributed by atoms with van der Waals surface area (Å²) in [7, 11) is -0.321. The molecule has 0 fully saturated rings. The highest BCUT2D eigenvalue weighted by atomic mass is 79.9. The Morgan fingerprint density at radius 2 is 1.30 bits per heavy atom. The molecule has 0 unspecified atom stereocenters. The Labute approximate surface area is 129 Å². The fourth-order valence-corrected chi connectivity index (χ4v) is 5.23. The molecular weight excluding hydrogens is 327 g/mol. The fourth-order valence-electron chi connectivity index (χ4n) is 2.40. The number of hydrogen-bond acceptors (Lipinski definition) is 0. The first-order valence-corrected chi connectivity index (χ1v) is 8.93. The average molecular weight is 343 g/mol. The summed E-state index contributed by atoms with van der Waals surface area (Å²) in [6.07, 6.45) is 0. The molecule has 0 atom stereocenters. The van der Waals surface area contributed by atoms with Crippen molar-refractivity contribution in [3.8, 4) is 16.4 Å². The maximum absolute atomic E-state index is 3.68. The van der Waals surface area contributed by atoms with E-state index in [1.54, 1.807) is 0 Å². The lowest BCUT2D eigenvalue weighted by Gasteiger charge is -2.10. The molecule has 0 aliphatic carbocycles. The van der Waals surface area contributed by atoms with Crippen LogP contribution in [0.15, 0.2) is 64.6 Å². The van der Waals surface area contributed by atoms with Crippen LogP contribution in [0, 0.1) is 13.8 Å². The van der Waals surface area contributed by atoms with E-state index in [0.29, 0.717) is 0 Å². The highest BCUT2D eigenvalue weighted by Crippen LogP contribution is 2.48. The largest absolute Gasteiger partial charge is 0.0922 e. The molecule has 0 saturated carbocycles. The van der Waals surface area contributed by atoms with E-state index in [9.17, 15) is 0 Å². The van der Waals surface area contributed by atoms with Gasteiger partial charge in [0.25, 0.3) is 0 Å². The van der Waals surface area contributed by atoms with Crippen molar-refractivity contribution in [3.63, 3.8) is 0 Å². The van der Waals surface area contributed by atoms with E-state index in [1.165, 1.54) is 27.6 Å². The van der Waals surface area contributed by atoms with Gasteiger partial charge < -0.3 is 0 Å². The van der Waals surface area contributed by atoms with Crippen molar-refractivity contribution in [2.24, 2.45) is 0 Å². The zero-order valence-corrected chi connectivity index (χ0v) is 14.1. The quantitative estimate of drug-likeness (QED) is 0.485. The minimum Gasteiger partial charge on any atom is -0.0922 e. The van der Waals surface area contributed by atoms with Gasteiger partial charge in [-0.15, -0.1) is 0 Å². The number of halogens is 1. The van der Waals surface area contributed by atoms with Gasteiger partial charge in [-0.3, -0.25) is 0 Å². The normalized spacial score (nSPS) is 10.8. The smallest absolute Gasteiger partial charge is 0.0254 e. The van der Waals surface area contributed by atoms with Crippen molar-refractivity contribution in [1.82, 2.24) is 0 Å². The van der Waals surface area contributed by atoms with Crippen LogP contribution in [0.4, 0.5) is 0 Å². The van der Waals surface area contributed by atoms with E-state index in [1.807, 2.05) is 0 Å². The van der Waals surface area contributed by atoms with E-state index in [0.717, 1.165) is 4.47 Å². The molecule has 2 aromatic carbocycles. The molecule has 0 amide bonds. The second kappa shape index (κ2) is 5.60.